The summed E-state index contributed by atoms with van der Waals surface area (Å²) in [6.07, 6.45) is 0.299. The molecule has 2 unspecified atom stereocenters. The van der Waals surface area contributed by atoms with Gasteiger partial charge in [0.1, 0.15) is 5.41 Å². The first-order valence-electron chi connectivity index (χ1n) is 3.24. The predicted molar refractivity (Wildman–Crippen MR) is 32.9 cm³/mol. The second-order valence-electron chi connectivity index (χ2n) is 2.91. The number of carbonyl (C=O) groups is 3. The average molecular weight is 154 g/mol. The molecule has 1 saturated carbocycles. The SMILES string of the molecule is NC(=O)C12CC1C(=O)NC2=O. The molecule has 0 aromatic heterocycles. The molecule has 2 atom stereocenters. The second kappa shape index (κ2) is 1.44. The van der Waals surface area contributed by atoms with E-state index < -0.39 is 23.1 Å². The average Bonchev–Trinajstić information content (AvgIpc) is 2.56. The van der Waals surface area contributed by atoms with Gasteiger partial charge in [0.25, 0.3) is 0 Å². The van der Waals surface area contributed by atoms with E-state index in [0.717, 1.165) is 0 Å². The van der Waals surface area contributed by atoms with E-state index in [0.29, 0.717) is 6.42 Å². The Morgan fingerprint density at radius 3 is 2.45 bits per heavy atom. The van der Waals surface area contributed by atoms with Crippen LogP contribution in [0.4, 0.5) is 0 Å². The highest BCUT2D eigenvalue weighted by Gasteiger charge is 2.72. The van der Waals surface area contributed by atoms with Crippen LogP contribution in [0.25, 0.3) is 0 Å². The maximum atomic E-state index is 11.0. The van der Waals surface area contributed by atoms with E-state index in [1.165, 1.54) is 0 Å². The van der Waals surface area contributed by atoms with Gasteiger partial charge in [0.15, 0.2) is 0 Å². The Kier molecular flexibility index (Phi) is 0.828. The fourth-order valence-corrected chi connectivity index (χ4v) is 1.53. The van der Waals surface area contributed by atoms with Gasteiger partial charge >= 0.3 is 0 Å². The van der Waals surface area contributed by atoms with Crippen molar-refractivity contribution in [1.82, 2.24) is 5.32 Å². The van der Waals surface area contributed by atoms with E-state index in [2.05, 4.69) is 5.32 Å². The molecule has 0 radical (unpaired) electrons. The molecule has 5 nitrogen and oxygen atoms in total. The Bertz CT molecular complexity index is 286. The van der Waals surface area contributed by atoms with Crippen molar-refractivity contribution < 1.29 is 14.4 Å². The number of nitrogens with one attached hydrogen (secondary N) is 1. The number of hydrogen-bond donors (Lipinski definition) is 2. The lowest BCUT2D eigenvalue weighted by atomic mass is 10.1. The molecular weight excluding hydrogens is 148 g/mol. The molecule has 1 saturated heterocycles. The molecule has 5 heteroatoms. The van der Waals surface area contributed by atoms with Gasteiger partial charge in [-0.3, -0.25) is 19.7 Å². The van der Waals surface area contributed by atoms with Crippen molar-refractivity contribution in [3.05, 3.63) is 0 Å². The van der Waals surface area contributed by atoms with Crippen molar-refractivity contribution in [1.29, 1.82) is 0 Å². The number of primary amides is 1. The molecule has 0 aromatic carbocycles. The summed E-state index contributed by atoms with van der Waals surface area (Å²) in [6.45, 7) is 0. The zero-order chi connectivity index (χ0) is 8.22. The van der Waals surface area contributed by atoms with Crippen LogP contribution in [0, 0.1) is 11.3 Å². The molecular formula is C6H6N2O3. The summed E-state index contributed by atoms with van der Waals surface area (Å²) in [5.74, 6) is -2.06. The minimum Gasteiger partial charge on any atom is -0.369 e. The van der Waals surface area contributed by atoms with Crippen molar-refractivity contribution in [3.8, 4) is 0 Å². The highest BCUT2D eigenvalue weighted by atomic mass is 16.2. The molecule has 3 N–H and O–H groups in total. The maximum Gasteiger partial charge on any atom is 0.243 e. The van der Waals surface area contributed by atoms with Gasteiger partial charge in [0, 0.05) is 0 Å². The fourth-order valence-electron chi connectivity index (χ4n) is 1.53. The summed E-state index contributed by atoms with van der Waals surface area (Å²) in [6, 6.07) is 0. The Morgan fingerprint density at radius 1 is 1.64 bits per heavy atom. The standard InChI is InChI=1S/C6H6N2O3/c7-4(10)6-1-2(6)3(9)8-5(6)11/h2H,1H2,(H2,7,10)(H,8,9,11). The lowest BCUT2D eigenvalue weighted by Gasteiger charge is -2.01. The van der Waals surface area contributed by atoms with E-state index in [4.69, 9.17) is 5.73 Å². The van der Waals surface area contributed by atoms with Crippen molar-refractivity contribution in [3.63, 3.8) is 0 Å². The second-order valence-corrected chi connectivity index (χ2v) is 2.91. The molecule has 2 rings (SSSR count). The van der Waals surface area contributed by atoms with Crippen LogP contribution in [0.5, 0.6) is 0 Å². The normalized spacial score (nSPS) is 39.8. The van der Waals surface area contributed by atoms with Crippen molar-refractivity contribution in [2.45, 2.75) is 6.42 Å². The van der Waals surface area contributed by atoms with Gasteiger partial charge < -0.3 is 5.73 Å². The van der Waals surface area contributed by atoms with Gasteiger partial charge in [-0.2, -0.15) is 0 Å². The molecule has 0 bridgehead atoms. The van der Waals surface area contributed by atoms with Crippen LogP contribution < -0.4 is 11.1 Å². The number of carbonyl (C=O) groups excluding carboxylic acids is 3. The number of rotatable bonds is 1. The summed E-state index contributed by atoms with van der Waals surface area (Å²) in [4.78, 5) is 32.5. The monoisotopic (exact) mass is 154 g/mol. The zero-order valence-corrected chi connectivity index (χ0v) is 5.59. The van der Waals surface area contributed by atoms with E-state index in [1.54, 1.807) is 0 Å². The van der Waals surface area contributed by atoms with Gasteiger partial charge in [0.2, 0.25) is 17.7 Å². The molecule has 0 spiro atoms. The number of hydrogen-bond acceptors (Lipinski definition) is 3. The van der Waals surface area contributed by atoms with Gasteiger partial charge in [-0.25, -0.2) is 0 Å². The van der Waals surface area contributed by atoms with Gasteiger partial charge in [-0.1, -0.05) is 0 Å². The van der Waals surface area contributed by atoms with Crippen LogP contribution in [0.3, 0.4) is 0 Å². The first-order valence-corrected chi connectivity index (χ1v) is 3.24. The smallest absolute Gasteiger partial charge is 0.243 e. The third-order valence-corrected chi connectivity index (χ3v) is 2.36. The van der Waals surface area contributed by atoms with Crippen LogP contribution in [-0.2, 0) is 14.4 Å². The van der Waals surface area contributed by atoms with Crippen LogP contribution in [-0.4, -0.2) is 17.7 Å². The number of nitrogens with two attached hydrogens (primary N) is 1. The minimum atomic E-state index is -1.17. The number of piperidine rings is 1. The summed E-state index contributed by atoms with van der Waals surface area (Å²) in [7, 11) is 0. The van der Waals surface area contributed by atoms with Crippen LogP contribution in [0.15, 0.2) is 0 Å². The molecule has 58 valence electrons. The lowest BCUT2D eigenvalue weighted by Crippen LogP contribution is -2.36. The Morgan fingerprint density at radius 2 is 2.27 bits per heavy atom. The first kappa shape index (κ1) is 6.33. The quantitative estimate of drug-likeness (QED) is 0.342. The van der Waals surface area contributed by atoms with Gasteiger partial charge in [-0.05, 0) is 6.42 Å². The summed E-state index contributed by atoms with van der Waals surface area (Å²) in [5.41, 5.74) is 3.80. The van der Waals surface area contributed by atoms with Crippen LogP contribution in [0.2, 0.25) is 0 Å². The topological polar surface area (TPSA) is 89.3 Å². The first-order chi connectivity index (χ1) is 5.09. The Hall–Kier alpha value is -1.39. The molecule has 1 aliphatic carbocycles. The molecule has 2 fully saturated rings. The van der Waals surface area contributed by atoms with E-state index in [9.17, 15) is 14.4 Å². The van der Waals surface area contributed by atoms with Gasteiger partial charge in [0.05, 0.1) is 5.92 Å². The summed E-state index contributed by atoms with van der Waals surface area (Å²) < 4.78 is 0. The molecule has 3 amide bonds. The van der Waals surface area contributed by atoms with Crippen molar-refractivity contribution >= 4 is 17.7 Å². The van der Waals surface area contributed by atoms with Crippen molar-refractivity contribution in [2.24, 2.45) is 17.1 Å². The third-order valence-electron chi connectivity index (χ3n) is 2.36. The molecule has 1 aliphatic heterocycles. The number of amides is 3. The summed E-state index contributed by atoms with van der Waals surface area (Å²) >= 11 is 0. The molecule has 1 heterocycles. The van der Waals surface area contributed by atoms with E-state index >= 15 is 0 Å². The highest BCUT2D eigenvalue weighted by Crippen LogP contribution is 2.55. The van der Waals surface area contributed by atoms with Crippen LogP contribution in [0.1, 0.15) is 6.42 Å². The van der Waals surface area contributed by atoms with Gasteiger partial charge in [-0.15, -0.1) is 0 Å². The molecule has 11 heavy (non-hydrogen) atoms. The maximum absolute atomic E-state index is 11.0. The molecule has 2 aliphatic rings. The Balaban J connectivity index is 2.40. The van der Waals surface area contributed by atoms with Crippen LogP contribution >= 0.6 is 0 Å². The van der Waals surface area contributed by atoms with E-state index in [1.807, 2.05) is 0 Å². The largest absolute Gasteiger partial charge is 0.369 e. The zero-order valence-electron chi connectivity index (χ0n) is 5.59. The number of fused-ring (bicyclic) bond motifs is 1. The molecule has 0 aromatic rings. The third kappa shape index (κ3) is 0.493. The highest BCUT2D eigenvalue weighted by molar-refractivity contribution is 6.22. The minimum absolute atomic E-state index is 0.299. The fraction of sp³-hybridized carbons (Fsp3) is 0.500. The van der Waals surface area contributed by atoms with E-state index in [-0.39, 0.29) is 5.91 Å². The summed E-state index contributed by atoms with van der Waals surface area (Å²) in [5, 5.41) is 2.06. The lowest BCUT2D eigenvalue weighted by molar-refractivity contribution is -0.134. The predicted octanol–water partition coefficient (Wildman–Crippen LogP) is -1.87. The Labute approximate surface area is 61.9 Å². The number of imide groups is 1. The van der Waals surface area contributed by atoms with Crippen molar-refractivity contribution in [2.75, 3.05) is 0 Å².